The number of aliphatic hydroxyl groups is 16. The van der Waals surface area contributed by atoms with Crippen LogP contribution < -0.4 is 0 Å². The van der Waals surface area contributed by atoms with Crippen molar-refractivity contribution in [1.82, 2.24) is 0 Å². The van der Waals surface area contributed by atoms with Crippen LogP contribution >= 0.6 is 0 Å². The van der Waals surface area contributed by atoms with Gasteiger partial charge in [-0.2, -0.15) is 0 Å². The summed E-state index contributed by atoms with van der Waals surface area (Å²) < 4.78 is 48.8. The van der Waals surface area contributed by atoms with E-state index in [1.807, 2.05) is 0 Å². The first kappa shape index (κ1) is 46.5. The third-order valence-corrected chi connectivity index (χ3v) is 10.3. The molecular weight excluding hydrogens is 792 g/mol. The van der Waals surface area contributed by atoms with Crippen molar-refractivity contribution < 1.29 is 134 Å². The van der Waals surface area contributed by atoms with E-state index in [-0.39, 0.29) is 0 Å². The zero-order valence-corrected chi connectivity index (χ0v) is 29.4. The Labute approximate surface area is 320 Å². The summed E-state index contributed by atoms with van der Waals surface area (Å²) in [4.78, 5) is 12.3. The molecule has 0 aromatic rings. The molecule has 5 heterocycles. The summed E-state index contributed by atoms with van der Waals surface area (Å²) in [6.07, 6.45) is -50.0. The van der Waals surface area contributed by atoms with Crippen LogP contribution in [0.2, 0.25) is 0 Å². The second kappa shape index (κ2) is 19.5. The lowest BCUT2D eigenvalue weighted by atomic mass is 9.95. The molecule has 5 aliphatic heterocycles. The Morgan fingerprint density at radius 1 is 0.368 bits per heavy atom. The lowest BCUT2D eigenvalue weighted by Crippen LogP contribution is -2.68. The van der Waals surface area contributed by atoms with Crippen molar-refractivity contribution in [3.05, 3.63) is 0 Å². The van der Waals surface area contributed by atoms with E-state index < -0.39 is 186 Å². The maximum atomic E-state index is 12.3. The summed E-state index contributed by atoms with van der Waals surface area (Å²) in [6, 6.07) is 0. The van der Waals surface area contributed by atoms with Gasteiger partial charge in [-0.25, -0.2) is 4.79 Å². The molecule has 0 spiro atoms. The van der Waals surface area contributed by atoms with Crippen LogP contribution in [0.1, 0.15) is 0 Å². The summed E-state index contributed by atoms with van der Waals surface area (Å²) in [5.41, 5.74) is 0. The van der Waals surface area contributed by atoms with Crippen LogP contribution in [0.5, 0.6) is 0 Å². The minimum absolute atomic E-state index is 0.898. The first-order chi connectivity index (χ1) is 26.9. The maximum absolute atomic E-state index is 12.3. The maximum Gasteiger partial charge on any atom is 0.335 e. The Balaban J connectivity index is 1.37. The van der Waals surface area contributed by atoms with Crippen LogP contribution in [0.25, 0.3) is 0 Å². The van der Waals surface area contributed by atoms with E-state index in [4.69, 9.17) is 42.6 Å². The van der Waals surface area contributed by atoms with Gasteiger partial charge in [0.05, 0.1) is 26.4 Å². The van der Waals surface area contributed by atoms with Crippen molar-refractivity contribution in [2.75, 3.05) is 26.4 Å². The molecule has 5 fully saturated rings. The van der Waals surface area contributed by atoms with E-state index in [0.29, 0.717) is 0 Å². The van der Waals surface area contributed by atoms with Crippen LogP contribution in [0, 0.1) is 0 Å². The molecule has 0 unspecified atom stereocenters. The smallest absolute Gasteiger partial charge is 0.335 e. The molecule has 57 heavy (non-hydrogen) atoms. The highest BCUT2D eigenvalue weighted by molar-refractivity contribution is 5.73. The Hall–Kier alpha value is -1.53. The van der Waals surface area contributed by atoms with Gasteiger partial charge in [-0.1, -0.05) is 0 Å². The zero-order valence-electron chi connectivity index (χ0n) is 29.4. The highest BCUT2D eigenvalue weighted by Gasteiger charge is 2.57. The molecule has 332 valence electrons. The second-order valence-corrected chi connectivity index (χ2v) is 14.0. The van der Waals surface area contributed by atoms with Gasteiger partial charge in [0.15, 0.2) is 37.6 Å². The van der Waals surface area contributed by atoms with Crippen molar-refractivity contribution in [1.29, 1.82) is 0 Å². The lowest BCUT2D eigenvalue weighted by molar-refractivity contribution is -0.399. The molecule has 5 aliphatic rings. The van der Waals surface area contributed by atoms with Gasteiger partial charge in [0.1, 0.15) is 116 Å². The predicted octanol–water partition coefficient (Wildman–Crippen LogP) is -11.8. The summed E-state index contributed by atoms with van der Waals surface area (Å²) in [5.74, 6) is -1.88. The molecule has 0 bridgehead atoms. The number of aliphatic carboxylic acids is 1. The molecule has 5 saturated heterocycles. The molecule has 0 amide bonds. The van der Waals surface area contributed by atoms with E-state index >= 15 is 0 Å². The molecule has 0 aromatic heterocycles. The number of carbonyl (C=O) groups is 1. The normalized spacial score (nSPS) is 52.4. The monoisotopic (exact) mass is 842 g/mol. The Kier molecular flexibility index (Phi) is 15.9. The van der Waals surface area contributed by atoms with Crippen LogP contribution in [0.15, 0.2) is 0 Å². The molecule has 25 atom stereocenters. The number of hydrogen-bond donors (Lipinski definition) is 17. The molecule has 17 N–H and O–H groups in total. The average Bonchev–Trinajstić information content (AvgIpc) is 3.19. The fourth-order valence-corrected chi connectivity index (χ4v) is 6.97. The minimum Gasteiger partial charge on any atom is -0.479 e. The van der Waals surface area contributed by atoms with Crippen LogP contribution in [0.4, 0.5) is 0 Å². The lowest BCUT2D eigenvalue weighted by Gasteiger charge is -2.49. The summed E-state index contributed by atoms with van der Waals surface area (Å²) in [7, 11) is 0. The fraction of sp³-hybridized carbons (Fsp3) is 0.967. The second-order valence-electron chi connectivity index (χ2n) is 14.0. The largest absolute Gasteiger partial charge is 0.479 e. The van der Waals surface area contributed by atoms with Crippen LogP contribution in [-0.2, 0) is 47.4 Å². The standard InChI is InChI=1S/C30H50O27/c31-1-5-9(35)12(38)17(43)27(50-5)55-22-15(41)18(44)28(57-24(22)25(46)47)56-23-13(39)10(36)6(2-32)52-30(23)54-21-11(37)7(3-33)51-29(19(21)45)53-20-8(4-34)49-26(48)16(42)14(20)40/h5-24,26-45,48H,1-4H2,(H,46,47)/t5-,6-,7-,8-,9-,10-,11-,12+,13+,14-,15-,16-,17+,18-,19-,20-,21+,22+,23+,24+,26+,27+,28-,29+,30-/m1/s1. The van der Waals surface area contributed by atoms with E-state index in [2.05, 4.69) is 0 Å². The zero-order chi connectivity index (χ0) is 42.2. The predicted molar refractivity (Wildman–Crippen MR) is 167 cm³/mol. The highest BCUT2D eigenvalue weighted by Crippen LogP contribution is 2.36. The number of rotatable bonds is 13. The van der Waals surface area contributed by atoms with Gasteiger partial charge >= 0.3 is 5.97 Å². The van der Waals surface area contributed by atoms with Crippen LogP contribution in [0.3, 0.4) is 0 Å². The highest BCUT2D eigenvalue weighted by atomic mass is 16.8. The van der Waals surface area contributed by atoms with Crippen molar-refractivity contribution in [3.63, 3.8) is 0 Å². The van der Waals surface area contributed by atoms with E-state index in [1.54, 1.807) is 0 Å². The molecular formula is C30H50O27. The number of carboxylic acids is 1. The van der Waals surface area contributed by atoms with E-state index in [0.717, 1.165) is 0 Å². The third kappa shape index (κ3) is 9.38. The summed E-state index contributed by atoms with van der Waals surface area (Å²) >= 11 is 0. The SMILES string of the molecule is O=C(O)[C@H]1O[C@@H](O[C@@H]2[C@@H](O[C@@H]3[C@@H](O)[C@H](O[C@H]4[C@H](O)[C@@H](O)[C@@H](O)O[C@@H]4CO)O[C@H](CO)[C@H]3O)O[C@H](CO)[C@@H](O)[C@@H]2O)[C@H](O)[C@@H](O)[C@@H]1O[C@@H]1O[C@H](CO)[C@@H](O)[C@H](O)[C@@H]1O. The van der Waals surface area contributed by atoms with Gasteiger partial charge in [0.2, 0.25) is 0 Å². The van der Waals surface area contributed by atoms with Crippen LogP contribution in [-0.4, -0.2) is 273 Å². The van der Waals surface area contributed by atoms with Gasteiger partial charge in [-0.15, -0.1) is 0 Å². The molecule has 0 saturated carbocycles. The topological polar surface area (TPSA) is 444 Å². The van der Waals surface area contributed by atoms with Crippen molar-refractivity contribution in [2.24, 2.45) is 0 Å². The molecule has 0 radical (unpaired) electrons. The molecule has 27 heteroatoms. The minimum atomic E-state index is -2.33. The van der Waals surface area contributed by atoms with Gasteiger partial charge in [0, 0.05) is 0 Å². The Morgan fingerprint density at radius 3 is 1.33 bits per heavy atom. The van der Waals surface area contributed by atoms with Gasteiger partial charge in [-0.3, -0.25) is 0 Å². The Morgan fingerprint density at radius 2 is 0.772 bits per heavy atom. The summed E-state index contributed by atoms with van der Waals surface area (Å²) in [6.45, 7) is -3.78. The molecule has 5 rings (SSSR count). The quantitative estimate of drug-likeness (QED) is 0.0818. The van der Waals surface area contributed by atoms with Crippen molar-refractivity contribution in [2.45, 2.75) is 154 Å². The third-order valence-electron chi connectivity index (χ3n) is 10.3. The number of aliphatic hydroxyl groups excluding tert-OH is 16. The summed E-state index contributed by atoms with van der Waals surface area (Å²) in [5, 5.41) is 176. The number of hydrogen-bond acceptors (Lipinski definition) is 26. The van der Waals surface area contributed by atoms with E-state index in [1.165, 1.54) is 0 Å². The van der Waals surface area contributed by atoms with Gasteiger partial charge in [-0.05, 0) is 0 Å². The molecule has 27 nitrogen and oxygen atoms in total. The van der Waals surface area contributed by atoms with Crippen molar-refractivity contribution >= 4 is 5.97 Å². The number of carboxylic acid groups (broad SMARTS) is 1. The van der Waals surface area contributed by atoms with E-state index in [9.17, 15) is 91.6 Å². The average molecular weight is 843 g/mol. The first-order valence-electron chi connectivity index (χ1n) is 17.6. The first-order valence-corrected chi connectivity index (χ1v) is 17.6. The van der Waals surface area contributed by atoms with Gasteiger partial charge < -0.3 is 129 Å². The fourth-order valence-electron chi connectivity index (χ4n) is 6.97. The van der Waals surface area contributed by atoms with Gasteiger partial charge in [0.25, 0.3) is 0 Å². The Bertz CT molecular complexity index is 1280. The molecule has 0 aromatic carbocycles. The molecule has 0 aliphatic carbocycles. The number of ether oxygens (including phenoxy) is 9. The van der Waals surface area contributed by atoms with Crippen molar-refractivity contribution in [3.8, 4) is 0 Å².